The van der Waals surface area contributed by atoms with Gasteiger partial charge in [0.15, 0.2) is 6.04 Å². The molecule has 6 N–H and O–H groups in total. The van der Waals surface area contributed by atoms with Gasteiger partial charge in [-0.3, -0.25) is 5.01 Å². The van der Waals surface area contributed by atoms with Gasteiger partial charge < -0.3 is 11.5 Å². The van der Waals surface area contributed by atoms with Gasteiger partial charge in [-0.2, -0.15) is 0 Å². The van der Waals surface area contributed by atoms with E-state index in [1.165, 1.54) is 11.2 Å². The molecule has 0 spiro atoms. The van der Waals surface area contributed by atoms with Crippen molar-refractivity contribution in [1.82, 2.24) is 5.01 Å². The van der Waals surface area contributed by atoms with Crippen LogP contribution in [0.3, 0.4) is 0 Å². The van der Waals surface area contributed by atoms with Crippen LogP contribution >= 0.6 is 23.2 Å². The van der Waals surface area contributed by atoms with E-state index < -0.39 is 6.04 Å². The molecule has 0 aromatic heterocycles. The molecule has 0 radical (unpaired) electrons. The Hall–Kier alpha value is -1.76. The van der Waals surface area contributed by atoms with E-state index in [1.807, 2.05) is 0 Å². The standard InChI is InChI=1S/C11H12Cl2N6/c12-6-2-1-3-7(8(6)13)18-11(15)9-10(14)17-4-5-19(9)16/h1-5,9H,16H2,(H2,14,17)(H2,15,18). The summed E-state index contributed by atoms with van der Waals surface area (Å²) in [7, 11) is 0. The average Bonchev–Trinajstić information content (AvgIpc) is 2.35. The predicted molar refractivity (Wildman–Crippen MR) is 78.3 cm³/mol. The molecular formula is C11H12Cl2N6. The second kappa shape index (κ2) is 5.48. The molecule has 6 nitrogen and oxygen atoms in total. The van der Waals surface area contributed by atoms with Gasteiger partial charge in [0, 0.05) is 12.4 Å². The number of benzene rings is 1. The number of hydrogen-bond donors (Lipinski definition) is 3. The summed E-state index contributed by atoms with van der Waals surface area (Å²) in [6, 6.07) is 4.46. The molecule has 100 valence electrons. The zero-order chi connectivity index (χ0) is 14.0. The van der Waals surface area contributed by atoms with Crippen LogP contribution in [0.25, 0.3) is 0 Å². The maximum Gasteiger partial charge on any atom is 0.158 e. The molecule has 1 unspecified atom stereocenters. The fourth-order valence-corrected chi connectivity index (χ4v) is 1.93. The molecular weight excluding hydrogens is 287 g/mol. The number of nitrogens with two attached hydrogens (primary N) is 3. The van der Waals surface area contributed by atoms with Gasteiger partial charge in [0.25, 0.3) is 0 Å². The van der Waals surface area contributed by atoms with Gasteiger partial charge in [-0.15, -0.1) is 0 Å². The fraction of sp³-hybridized carbons (Fsp3) is 0.0909. The first-order valence-corrected chi connectivity index (χ1v) is 6.07. The van der Waals surface area contributed by atoms with Gasteiger partial charge in [0.1, 0.15) is 11.7 Å². The van der Waals surface area contributed by atoms with Crippen LogP contribution in [0.1, 0.15) is 0 Å². The highest BCUT2D eigenvalue weighted by atomic mass is 35.5. The lowest BCUT2D eigenvalue weighted by atomic mass is 10.2. The summed E-state index contributed by atoms with van der Waals surface area (Å²) in [6.45, 7) is 0. The molecule has 1 aliphatic rings. The molecule has 0 saturated carbocycles. The summed E-state index contributed by atoms with van der Waals surface area (Å²) in [5.41, 5.74) is 12.1. The van der Waals surface area contributed by atoms with Crippen molar-refractivity contribution in [1.29, 1.82) is 0 Å². The third-order valence-corrected chi connectivity index (χ3v) is 3.31. The summed E-state index contributed by atoms with van der Waals surface area (Å²) < 4.78 is 0. The Bertz CT molecular complexity index is 581. The third-order valence-electron chi connectivity index (χ3n) is 2.50. The predicted octanol–water partition coefficient (Wildman–Crippen LogP) is 1.37. The van der Waals surface area contributed by atoms with Crippen LogP contribution in [0, 0.1) is 0 Å². The zero-order valence-corrected chi connectivity index (χ0v) is 11.3. The molecule has 1 atom stereocenters. The lowest BCUT2D eigenvalue weighted by Crippen LogP contribution is -2.54. The van der Waals surface area contributed by atoms with Crippen molar-refractivity contribution < 1.29 is 0 Å². The van der Waals surface area contributed by atoms with Gasteiger partial charge in [-0.25, -0.2) is 15.8 Å². The molecule has 1 aliphatic heterocycles. The Balaban J connectivity index is 2.36. The van der Waals surface area contributed by atoms with E-state index in [2.05, 4.69) is 9.98 Å². The first-order chi connectivity index (χ1) is 9.00. The lowest BCUT2D eigenvalue weighted by Gasteiger charge is -2.27. The summed E-state index contributed by atoms with van der Waals surface area (Å²) >= 11 is 11.9. The van der Waals surface area contributed by atoms with Crippen molar-refractivity contribution >= 4 is 40.6 Å². The van der Waals surface area contributed by atoms with E-state index in [-0.39, 0.29) is 11.7 Å². The number of nitrogens with zero attached hydrogens (tertiary/aromatic N) is 3. The van der Waals surface area contributed by atoms with Crippen molar-refractivity contribution in [3.8, 4) is 0 Å². The molecule has 1 heterocycles. The minimum Gasteiger partial charge on any atom is -0.385 e. The quantitative estimate of drug-likeness (QED) is 0.435. The van der Waals surface area contributed by atoms with Crippen molar-refractivity contribution in [3.05, 3.63) is 40.6 Å². The smallest absolute Gasteiger partial charge is 0.158 e. The monoisotopic (exact) mass is 298 g/mol. The topological polar surface area (TPSA) is 106 Å². The maximum atomic E-state index is 6.03. The Kier molecular flexibility index (Phi) is 3.94. The molecule has 0 amide bonds. The number of hydrogen-bond acceptors (Lipinski definition) is 5. The molecule has 8 heteroatoms. The van der Waals surface area contributed by atoms with E-state index >= 15 is 0 Å². The van der Waals surface area contributed by atoms with E-state index in [0.717, 1.165) is 0 Å². The van der Waals surface area contributed by atoms with E-state index in [4.69, 9.17) is 40.5 Å². The number of aliphatic imine (C=N–C) groups is 2. The molecule has 0 saturated heterocycles. The third kappa shape index (κ3) is 2.81. The second-order valence-electron chi connectivity index (χ2n) is 3.81. The Morgan fingerprint density at radius 3 is 2.79 bits per heavy atom. The van der Waals surface area contributed by atoms with Crippen LogP contribution < -0.4 is 17.3 Å². The highest BCUT2D eigenvalue weighted by Gasteiger charge is 2.24. The molecule has 2 rings (SSSR count). The van der Waals surface area contributed by atoms with Crippen LogP contribution in [0.4, 0.5) is 5.69 Å². The number of hydrazine groups is 1. The van der Waals surface area contributed by atoms with Crippen molar-refractivity contribution in [2.24, 2.45) is 27.3 Å². The minimum absolute atomic E-state index is 0.178. The summed E-state index contributed by atoms with van der Waals surface area (Å²) in [4.78, 5) is 8.14. The first kappa shape index (κ1) is 13.7. The van der Waals surface area contributed by atoms with Crippen molar-refractivity contribution in [3.63, 3.8) is 0 Å². The molecule has 0 fully saturated rings. The number of amidine groups is 2. The van der Waals surface area contributed by atoms with Gasteiger partial charge in [0.05, 0.1) is 15.7 Å². The molecule has 1 aromatic carbocycles. The fourth-order valence-electron chi connectivity index (χ4n) is 1.59. The highest BCUT2D eigenvalue weighted by molar-refractivity contribution is 6.43. The molecule has 0 aliphatic carbocycles. The van der Waals surface area contributed by atoms with E-state index in [1.54, 1.807) is 24.4 Å². The Morgan fingerprint density at radius 2 is 2.11 bits per heavy atom. The highest BCUT2D eigenvalue weighted by Crippen LogP contribution is 2.31. The van der Waals surface area contributed by atoms with Crippen LogP contribution in [0.2, 0.25) is 10.0 Å². The largest absolute Gasteiger partial charge is 0.385 e. The molecule has 19 heavy (non-hydrogen) atoms. The second-order valence-corrected chi connectivity index (χ2v) is 4.60. The van der Waals surface area contributed by atoms with Crippen LogP contribution in [-0.4, -0.2) is 22.7 Å². The zero-order valence-electron chi connectivity index (χ0n) is 9.79. The van der Waals surface area contributed by atoms with Crippen molar-refractivity contribution in [2.45, 2.75) is 6.04 Å². The Labute approximate surface area is 120 Å². The van der Waals surface area contributed by atoms with E-state index in [9.17, 15) is 0 Å². The average molecular weight is 299 g/mol. The summed E-state index contributed by atoms with van der Waals surface area (Å²) in [5.74, 6) is 6.19. The molecule has 1 aromatic rings. The van der Waals surface area contributed by atoms with Gasteiger partial charge >= 0.3 is 0 Å². The first-order valence-electron chi connectivity index (χ1n) is 5.31. The minimum atomic E-state index is -0.611. The maximum absolute atomic E-state index is 6.03. The lowest BCUT2D eigenvalue weighted by molar-refractivity contribution is 0.398. The van der Waals surface area contributed by atoms with Crippen LogP contribution in [-0.2, 0) is 0 Å². The van der Waals surface area contributed by atoms with Crippen molar-refractivity contribution in [2.75, 3.05) is 0 Å². The molecule has 0 bridgehead atoms. The van der Waals surface area contributed by atoms with Crippen LogP contribution in [0.5, 0.6) is 0 Å². The number of rotatable bonds is 2. The van der Waals surface area contributed by atoms with Crippen LogP contribution in [0.15, 0.2) is 40.6 Å². The Morgan fingerprint density at radius 1 is 1.37 bits per heavy atom. The normalized spacial score (nSPS) is 19.5. The van der Waals surface area contributed by atoms with Gasteiger partial charge in [-0.05, 0) is 12.1 Å². The van der Waals surface area contributed by atoms with E-state index in [0.29, 0.717) is 15.7 Å². The SMILES string of the molecule is NC1=NC=CN(N)C1C(N)=Nc1cccc(Cl)c1Cl. The van der Waals surface area contributed by atoms with Gasteiger partial charge in [-0.1, -0.05) is 29.3 Å². The van der Waals surface area contributed by atoms with Gasteiger partial charge in [0.2, 0.25) is 0 Å². The summed E-state index contributed by atoms with van der Waals surface area (Å²) in [6.07, 6.45) is 3.02. The number of halogens is 2. The summed E-state index contributed by atoms with van der Waals surface area (Å²) in [5, 5.41) is 2.03.